The number of hydrogen-bond acceptors (Lipinski definition) is 4. The molecular weight excluding hydrogens is 491 g/mol. The molecule has 0 heterocycles. The minimum atomic E-state index is 0. The standard InChI is InChI=1S/C23H34N4O2.HI/c1-6-28-20-12-13-22(29-7-2)21(14-20)26-23(24)25-15-18-10-8-9-11-19(18)16-27(5)17(3)4;/h8-14,17H,6-7,15-16H2,1-5H3,(H3,24,25,26);1H. The minimum absolute atomic E-state index is 0. The number of halogens is 1. The van der Waals surface area contributed by atoms with Gasteiger partial charge in [-0.2, -0.15) is 0 Å². The molecule has 6 nitrogen and oxygen atoms in total. The van der Waals surface area contributed by atoms with E-state index >= 15 is 0 Å². The molecule has 0 aliphatic heterocycles. The summed E-state index contributed by atoms with van der Waals surface area (Å²) in [5.41, 5.74) is 9.34. The van der Waals surface area contributed by atoms with Crippen molar-refractivity contribution in [2.24, 2.45) is 10.7 Å². The average Bonchev–Trinajstić information content (AvgIpc) is 2.69. The number of hydrogen-bond donors (Lipinski definition) is 2. The molecule has 0 unspecified atom stereocenters. The molecule has 0 bridgehead atoms. The number of nitrogens with two attached hydrogens (primary N) is 1. The van der Waals surface area contributed by atoms with Crippen LogP contribution in [0.2, 0.25) is 0 Å². The number of nitrogens with one attached hydrogen (secondary N) is 1. The van der Waals surface area contributed by atoms with E-state index in [1.54, 1.807) is 0 Å². The van der Waals surface area contributed by atoms with E-state index in [9.17, 15) is 0 Å². The van der Waals surface area contributed by atoms with Crippen LogP contribution in [0, 0.1) is 0 Å². The first-order valence-corrected chi connectivity index (χ1v) is 10.2. The molecule has 0 aromatic heterocycles. The molecule has 0 spiro atoms. The van der Waals surface area contributed by atoms with E-state index < -0.39 is 0 Å². The predicted molar refractivity (Wildman–Crippen MR) is 136 cm³/mol. The van der Waals surface area contributed by atoms with E-state index in [-0.39, 0.29) is 24.0 Å². The Labute approximate surface area is 197 Å². The number of guanidine groups is 1. The molecular formula is C23H35IN4O2. The van der Waals surface area contributed by atoms with Gasteiger partial charge in [-0.05, 0) is 58.0 Å². The van der Waals surface area contributed by atoms with Crippen molar-refractivity contribution in [3.05, 3.63) is 53.6 Å². The molecule has 2 rings (SSSR count). The summed E-state index contributed by atoms with van der Waals surface area (Å²) in [7, 11) is 2.13. The molecule has 7 heteroatoms. The number of benzene rings is 2. The maximum absolute atomic E-state index is 6.17. The topological polar surface area (TPSA) is 72.1 Å². The van der Waals surface area contributed by atoms with E-state index in [2.05, 4.69) is 54.3 Å². The highest BCUT2D eigenvalue weighted by atomic mass is 127. The molecule has 0 radical (unpaired) electrons. The van der Waals surface area contributed by atoms with Crippen LogP contribution < -0.4 is 20.5 Å². The van der Waals surface area contributed by atoms with Crippen LogP contribution in [-0.4, -0.2) is 37.2 Å². The summed E-state index contributed by atoms with van der Waals surface area (Å²) in [6, 6.07) is 14.5. The second kappa shape index (κ2) is 13.3. The Kier molecular flexibility index (Phi) is 11.6. The fourth-order valence-corrected chi connectivity index (χ4v) is 2.81. The molecule has 2 aromatic rings. The Balaban J connectivity index is 0.00000450. The summed E-state index contributed by atoms with van der Waals surface area (Å²) in [5, 5.41) is 3.16. The summed E-state index contributed by atoms with van der Waals surface area (Å²) >= 11 is 0. The van der Waals surface area contributed by atoms with Gasteiger partial charge in [0.05, 0.1) is 25.4 Å². The van der Waals surface area contributed by atoms with Gasteiger partial charge in [0, 0.05) is 18.7 Å². The quantitative estimate of drug-likeness (QED) is 0.263. The van der Waals surface area contributed by atoms with Gasteiger partial charge in [-0.3, -0.25) is 4.90 Å². The largest absolute Gasteiger partial charge is 0.494 e. The number of anilines is 1. The lowest BCUT2D eigenvalue weighted by Crippen LogP contribution is -2.26. The van der Waals surface area contributed by atoms with Gasteiger partial charge in [0.1, 0.15) is 11.5 Å². The molecule has 0 aliphatic carbocycles. The van der Waals surface area contributed by atoms with Gasteiger partial charge < -0.3 is 20.5 Å². The van der Waals surface area contributed by atoms with Gasteiger partial charge in [0.2, 0.25) is 0 Å². The molecule has 0 amide bonds. The van der Waals surface area contributed by atoms with Crippen molar-refractivity contribution < 1.29 is 9.47 Å². The lowest BCUT2D eigenvalue weighted by molar-refractivity contribution is 0.265. The maximum Gasteiger partial charge on any atom is 0.193 e. The second-order valence-corrected chi connectivity index (χ2v) is 7.13. The Morgan fingerprint density at radius 2 is 1.73 bits per heavy atom. The Morgan fingerprint density at radius 1 is 1.07 bits per heavy atom. The van der Waals surface area contributed by atoms with Gasteiger partial charge in [-0.25, -0.2) is 4.99 Å². The van der Waals surface area contributed by atoms with Crippen LogP contribution in [0.5, 0.6) is 11.5 Å². The van der Waals surface area contributed by atoms with Crippen molar-refractivity contribution in [3.8, 4) is 11.5 Å². The summed E-state index contributed by atoms with van der Waals surface area (Å²) < 4.78 is 11.3. The average molecular weight is 526 g/mol. The van der Waals surface area contributed by atoms with Crippen LogP contribution in [0.25, 0.3) is 0 Å². The number of ether oxygens (including phenoxy) is 2. The maximum atomic E-state index is 6.17. The zero-order valence-corrected chi connectivity index (χ0v) is 21.0. The van der Waals surface area contributed by atoms with E-state index in [4.69, 9.17) is 15.2 Å². The molecule has 0 saturated carbocycles. The molecule has 2 aromatic carbocycles. The van der Waals surface area contributed by atoms with Crippen LogP contribution in [-0.2, 0) is 13.1 Å². The molecule has 0 fully saturated rings. The molecule has 30 heavy (non-hydrogen) atoms. The Bertz CT molecular complexity index is 812. The number of rotatable bonds is 10. The third-order valence-corrected chi connectivity index (χ3v) is 4.66. The molecule has 0 atom stereocenters. The van der Waals surface area contributed by atoms with Crippen molar-refractivity contribution in [1.29, 1.82) is 0 Å². The van der Waals surface area contributed by atoms with E-state index in [1.807, 2.05) is 38.1 Å². The predicted octanol–water partition coefficient (Wildman–Crippen LogP) is 4.87. The van der Waals surface area contributed by atoms with Crippen molar-refractivity contribution >= 4 is 35.6 Å². The Morgan fingerprint density at radius 3 is 2.37 bits per heavy atom. The lowest BCUT2D eigenvalue weighted by Gasteiger charge is -2.22. The smallest absolute Gasteiger partial charge is 0.193 e. The zero-order valence-electron chi connectivity index (χ0n) is 18.6. The fourth-order valence-electron chi connectivity index (χ4n) is 2.81. The summed E-state index contributed by atoms with van der Waals surface area (Å²) in [6.45, 7) is 10.8. The molecule has 0 saturated heterocycles. The van der Waals surface area contributed by atoms with Gasteiger partial charge in [-0.15, -0.1) is 24.0 Å². The van der Waals surface area contributed by atoms with E-state index in [1.165, 1.54) is 5.56 Å². The van der Waals surface area contributed by atoms with Crippen molar-refractivity contribution in [1.82, 2.24) is 4.90 Å². The van der Waals surface area contributed by atoms with Crippen LogP contribution in [0.4, 0.5) is 5.69 Å². The van der Waals surface area contributed by atoms with Crippen LogP contribution in [0.3, 0.4) is 0 Å². The van der Waals surface area contributed by atoms with Crippen LogP contribution >= 0.6 is 24.0 Å². The number of nitrogens with zero attached hydrogens (tertiary/aromatic N) is 2. The highest BCUT2D eigenvalue weighted by molar-refractivity contribution is 14.0. The highest BCUT2D eigenvalue weighted by Crippen LogP contribution is 2.29. The summed E-state index contributed by atoms with van der Waals surface area (Å²) in [4.78, 5) is 6.85. The van der Waals surface area contributed by atoms with Gasteiger partial charge in [-0.1, -0.05) is 24.3 Å². The van der Waals surface area contributed by atoms with Gasteiger partial charge in [0.25, 0.3) is 0 Å². The zero-order chi connectivity index (χ0) is 21.2. The summed E-state index contributed by atoms with van der Waals surface area (Å²) in [6.07, 6.45) is 0. The minimum Gasteiger partial charge on any atom is -0.494 e. The van der Waals surface area contributed by atoms with Gasteiger partial charge >= 0.3 is 0 Å². The van der Waals surface area contributed by atoms with E-state index in [0.29, 0.717) is 37.5 Å². The first-order valence-electron chi connectivity index (χ1n) is 10.2. The van der Waals surface area contributed by atoms with E-state index in [0.717, 1.165) is 23.5 Å². The third kappa shape index (κ3) is 8.02. The normalized spacial score (nSPS) is 11.4. The van der Waals surface area contributed by atoms with Crippen molar-refractivity contribution in [2.45, 2.75) is 46.8 Å². The summed E-state index contributed by atoms with van der Waals surface area (Å²) in [5.74, 6) is 1.81. The third-order valence-electron chi connectivity index (χ3n) is 4.66. The van der Waals surface area contributed by atoms with Gasteiger partial charge in [0.15, 0.2) is 5.96 Å². The second-order valence-electron chi connectivity index (χ2n) is 7.13. The van der Waals surface area contributed by atoms with Crippen molar-refractivity contribution in [3.63, 3.8) is 0 Å². The van der Waals surface area contributed by atoms with Crippen molar-refractivity contribution in [2.75, 3.05) is 25.6 Å². The molecule has 0 aliphatic rings. The van der Waals surface area contributed by atoms with Crippen LogP contribution in [0.1, 0.15) is 38.8 Å². The Hall–Kier alpha value is -2.00. The molecule has 166 valence electrons. The number of aliphatic imine (C=N–C) groups is 1. The SMILES string of the molecule is CCOc1ccc(OCC)c(NC(N)=NCc2ccccc2CN(C)C(C)C)c1.I. The molecule has 3 N–H and O–H groups in total. The monoisotopic (exact) mass is 526 g/mol. The fraction of sp³-hybridized carbons (Fsp3) is 0.435. The van der Waals surface area contributed by atoms with Crippen LogP contribution in [0.15, 0.2) is 47.5 Å². The highest BCUT2D eigenvalue weighted by Gasteiger charge is 2.09. The lowest BCUT2D eigenvalue weighted by atomic mass is 10.1. The first kappa shape index (κ1) is 26.0. The first-order chi connectivity index (χ1) is 13.9.